The minimum atomic E-state index is -4.44. The molecule has 1 heterocycles. The molecule has 2 amide bonds. The van der Waals surface area contributed by atoms with E-state index in [0.717, 1.165) is 35.2 Å². The molecule has 18 heavy (non-hydrogen) atoms. The summed E-state index contributed by atoms with van der Waals surface area (Å²) in [6, 6.07) is 3.88. The van der Waals surface area contributed by atoms with Crippen LogP contribution in [-0.4, -0.2) is 11.8 Å². The molecule has 94 valence electrons. The van der Waals surface area contributed by atoms with E-state index in [9.17, 15) is 22.8 Å². The molecule has 0 saturated heterocycles. The van der Waals surface area contributed by atoms with Gasteiger partial charge in [0.2, 0.25) is 0 Å². The number of amides is 2. The SMILES string of the molecule is CC1=CC(=O)N(c2ccc(C(F)(F)F)cc2)C1=O. The molecule has 0 radical (unpaired) electrons. The molecule has 1 aliphatic heterocycles. The number of imide groups is 1. The Hall–Kier alpha value is -2.11. The van der Waals surface area contributed by atoms with Gasteiger partial charge in [0.1, 0.15) is 0 Å². The van der Waals surface area contributed by atoms with E-state index in [2.05, 4.69) is 0 Å². The molecule has 1 aromatic carbocycles. The van der Waals surface area contributed by atoms with Gasteiger partial charge in [0, 0.05) is 11.6 Å². The normalized spacial score (nSPS) is 16.2. The summed E-state index contributed by atoms with van der Waals surface area (Å²) >= 11 is 0. The van der Waals surface area contributed by atoms with Gasteiger partial charge < -0.3 is 0 Å². The summed E-state index contributed by atoms with van der Waals surface area (Å²) in [5, 5.41) is 0. The molecule has 0 bridgehead atoms. The lowest BCUT2D eigenvalue weighted by Crippen LogP contribution is -2.30. The molecule has 1 aromatic rings. The first-order chi connectivity index (χ1) is 8.30. The number of rotatable bonds is 1. The molecule has 0 atom stereocenters. The van der Waals surface area contributed by atoms with Crippen LogP contribution in [0, 0.1) is 0 Å². The number of carbonyl (C=O) groups excluding carboxylic acids is 2. The number of hydrogen-bond donors (Lipinski definition) is 0. The summed E-state index contributed by atoms with van der Waals surface area (Å²) in [5.74, 6) is -1.06. The number of carbonyl (C=O) groups is 2. The van der Waals surface area contributed by atoms with Crippen molar-refractivity contribution < 1.29 is 22.8 Å². The number of benzene rings is 1. The first-order valence-electron chi connectivity index (χ1n) is 5.04. The Morgan fingerprint density at radius 3 is 2.00 bits per heavy atom. The molecule has 0 saturated carbocycles. The molecule has 6 heteroatoms. The van der Waals surface area contributed by atoms with Gasteiger partial charge in [-0.05, 0) is 31.2 Å². The van der Waals surface area contributed by atoms with Gasteiger partial charge >= 0.3 is 6.18 Å². The van der Waals surface area contributed by atoms with Crippen molar-refractivity contribution in [2.75, 3.05) is 4.90 Å². The fourth-order valence-corrected chi connectivity index (χ4v) is 1.63. The highest BCUT2D eigenvalue weighted by Gasteiger charge is 2.32. The van der Waals surface area contributed by atoms with E-state index in [1.807, 2.05) is 0 Å². The predicted molar refractivity (Wildman–Crippen MR) is 57.7 cm³/mol. The van der Waals surface area contributed by atoms with E-state index in [1.165, 1.54) is 6.92 Å². The van der Waals surface area contributed by atoms with E-state index in [4.69, 9.17) is 0 Å². The molecule has 1 aliphatic rings. The average Bonchev–Trinajstić information content (AvgIpc) is 2.52. The van der Waals surface area contributed by atoms with Crippen molar-refractivity contribution in [2.45, 2.75) is 13.1 Å². The van der Waals surface area contributed by atoms with Crippen molar-refractivity contribution in [3.63, 3.8) is 0 Å². The van der Waals surface area contributed by atoms with Crippen LogP contribution in [0.4, 0.5) is 18.9 Å². The molecule has 0 spiro atoms. The topological polar surface area (TPSA) is 37.4 Å². The van der Waals surface area contributed by atoms with Crippen LogP contribution in [0.15, 0.2) is 35.9 Å². The number of alkyl halides is 3. The minimum absolute atomic E-state index is 0.131. The van der Waals surface area contributed by atoms with E-state index in [0.29, 0.717) is 0 Å². The van der Waals surface area contributed by atoms with E-state index >= 15 is 0 Å². The molecule has 0 N–H and O–H groups in total. The van der Waals surface area contributed by atoms with Crippen LogP contribution in [-0.2, 0) is 15.8 Å². The van der Waals surface area contributed by atoms with Gasteiger partial charge in [0.05, 0.1) is 11.3 Å². The Bertz CT molecular complexity index is 543. The smallest absolute Gasteiger partial charge is 0.269 e. The second kappa shape index (κ2) is 3.97. The summed E-state index contributed by atoms with van der Waals surface area (Å²) in [4.78, 5) is 23.9. The van der Waals surface area contributed by atoms with Gasteiger partial charge in [0.15, 0.2) is 0 Å². The lowest BCUT2D eigenvalue weighted by atomic mass is 10.2. The van der Waals surface area contributed by atoms with Gasteiger partial charge in [-0.2, -0.15) is 13.2 Å². The standard InChI is InChI=1S/C12H8F3NO2/c1-7-6-10(17)16(11(7)18)9-4-2-8(3-5-9)12(13,14)15/h2-6H,1H3. The molecule has 2 rings (SSSR count). The Labute approximate surface area is 101 Å². The number of anilines is 1. The maximum Gasteiger partial charge on any atom is 0.416 e. The van der Waals surface area contributed by atoms with Crippen molar-refractivity contribution in [3.05, 3.63) is 41.5 Å². The largest absolute Gasteiger partial charge is 0.416 e. The Morgan fingerprint density at radius 2 is 1.61 bits per heavy atom. The molecular formula is C12H8F3NO2. The molecule has 0 aliphatic carbocycles. The number of halogens is 3. The Morgan fingerprint density at radius 1 is 1.06 bits per heavy atom. The van der Waals surface area contributed by atoms with Crippen LogP contribution >= 0.6 is 0 Å². The van der Waals surface area contributed by atoms with Crippen LogP contribution in [0.2, 0.25) is 0 Å². The van der Waals surface area contributed by atoms with Crippen LogP contribution in [0.5, 0.6) is 0 Å². The first-order valence-corrected chi connectivity index (χ1v) is 5.04. The second-order valence-corrected chi connectivity index (χ2v) is 3.85. The van der Waals surface area contributed by atoms with E-state index in [-0.39, 0.29) is 11.3 Å². The molecule has 0 unspecified atom stereocenters. The predicted octanol–water partition coefficient (Wildman–Crippen LogP) is 2.52. The minimum Gasteiger partial charge on any atom is -0.269 e. The fraction of sp³-hybridized carbons (Fsp3) is 0.167. The summed E-state index contributed by atoms with van der Waals surface area (Å²) in [5.41, 5.74) is -0.430. The van der Waals surface area contributed by atoms with Gasteiger partial charge in [-0.1, -0.05) is 0 Å². The van der Waals surface area contributed by atoms with Crippen LogP contribution in [0.1, 0.15) is 12.5 Å². The number of hydrogen-bond acceptors (Lipinski definition) is 2. The Kier molecular flexibility index (Phi) is 2.73. The van der Waals surface area contributed by atoms with Crippen molar-refractivity contribution >= 4 is 17.5 Å². The van der Waals surface area contributed by atoms with Gasteiger partial charge in [0.25, 0.3) is 11.8 Å². The highest BCUT2D eigenvalue weighted by molar-refractivity contribution is 6.30. The molecule has 0 fully saturated rings. The van der Waals surface area contributed by atoms with Gasteiger partial charge in [-0.25, -0.2) is 4.90 Å². The molecular weight excluding hydrogens is 247 g/mol. The second-order valence-electron chi connectivity index (χ2n) is 3.85. The molecule has 3 nitrogen and oxygen atoms in total. The van der Waals surface area contributed by atoms with Crippen LogP contribution in [0.3, 0.4) is 0 Å². The number of nitrogens with zero attached hydrogens (tertiary/aromatic N) is 1. The third-order valence-corrected chi connectivity index (χ3v) is 2.55. The lowest BCUT2D eigenvalue weighted by Gasteiger charge is -2.15. The zero-order valence-corrected chi connectivity index (χ0v) is 9.28. The molecule has 0 aromatic heterocycles. The van der Waals surface area contributed by atoms with Crippen molar-refractivity contribution in [1.29, 1.82) is 0 Å². The van der Waals surface area contributed by atoms with Crippen molar-refractivity contribution in [3.8, 4) is 0 Å². The monoisotopic (exact) mass is 255 g/mol. The van der Waals surface area contributed by atoms with Crippen LogP contribution in [0.25, 0.3) is 0 Å². The van der Waals surface area contributed by atoms with E-state index < -0.39 is 23.6 Å². The first kappa shape index (κ1) is 12.3. The summed E-state index contributed by atoms with van der Waals surface area (Å²) in [6.07, 6.45) is -3.29. The third kappa shape index (κ3) is 2.01. The highest BCUT2D eigenvalue weighted by Crippen LogP contribution is 2.31. The summed E-state index contributed by atoms with van der Waals surface area (Å²) < 4.78 is 37.1. The third-order valence-electron chi connectivity index (χ3n) is 2.55. The highest BCUT2D eigenvalue weighted by atomic mass is 19.4. The van der Waals surface area contributed by atoms with Gasteiger partial charge in [-0.15, -0.1) is 0 Å². The maximum atomic E-state index is 12.4. The van der Waals surface area contributed by atoms with E-state index in [1.54, 1.807) is 0 Å². The zero-order chi connectivity index (χ0) is 13.5. The Balaban J connectivity index is 2.32. The van der Waals surface area contributed by atoms with Crippen molar-refractivity contribution in [1.82, 2.24) is 0 Å². The van der Waals surface area contributed by atoms with Gasteiger partial charge in [-0.3, -0.25) is 9.59 Å². The maximum absolute atomic E-state index is 12.4. The quantitative estimate of drug-likeness (QED) is 0.723. The lowest BCUT2D eigenvalue weighted by molar-refractivity contribution is -0.137. The average molecular weight is 255 g/mol. The fourth-order valence-electron chi connectivity index (χ4n) is 1.63. The summed E-state index contributed by atoms with van der Waals surface area (Å²) in [6.45, 7) is 1.48. The van der Waals surface area contributed by atoms with Crippen molar-refractivity contribution in [2.24, 2.45) is 0 Å². The van der Waals surface area contributed by atoms with Crippen LogP contribution < -0.4 is 4.90 Å². The zero-order valence-electron chi connectivity index (χ0n) is 9.28. The summed E-state index contributed by atoms with van der Waals surface area (Å²) in [7, 11) is 0.